The molecule has 2 aliphatic rings. The van der Waals surface area contributed by atoms with E-state index < -0.39 is 0 Å². The van der Waals surface area contributed by atoms with Crippen LogP contribution >= 0.6 is 0 Å². The highest BCUT2D eigenvalue weighted by Crippen LogP contribution is 2.44. The monoisotopic (exact) mass is 301 g/mol. The van der Waals surface area contributed by atoms with Gasteiger partial charge in [0.15, 0.2) is 0 Å². The summed E-state index contributed by atoms with van der Waals surface area (Å²) in [6, 6.07) is 4.39. The molecule has 0 aliphatic heterocycles. The third-order valence-corrected chi connectivity index (χ3v) is 5.50. The van der Waals surface area contributed by atoms with Gasteiger partial charge in [0.05, 0.1) is 7.11 Å². The zero-order valence-electron chi connectivity index (χ0n) is 14.1. The van der Waals surface area contributed by atoms with E-state index in [0.29, 0.717) is 17.9 Å². The van der Waals surface area contributed by atoms with Crippen LogP contribution < -0.4 is 10.1 Å². The van der Waals surface area contributed by atoms with Gasteiger partial charge in [-0.1, -0.05) is 20.3 Å². The van der Waals surface area contributed by atoms with Crippen molar-refractivity contribution in [3.8, 4) is 5.75 Å². The predicted octanol–water partition coefficient (Wildman–Crippen LogP) is 4.05. The third kappa shape index (κ3) is 2.73. The molecule has 3 rings (SSSR count). The maximum Gasteiger partial charge on any atom is 0.251 e. The van der Waals surface area contributed by atoms with Crippen molar-refractivity contribution in [2.75, 3.05) is 7.11 Å². The van der Waals surface area contributed by atoms with Crippen molar-refractivity contribution in [2.24, 2.45) is 11.8 Å². The number of aryl methyl sites for hydroxylation is 1. The quantitative estimate of drug-likeness (QED) is 0.911. The van der Waals surface area contributed by atoms with Crippen molar-refractivity contribution in [1.82, 2.24) is 5.32 Å². The van der Waals surface area contributed by atoms with Crippen molar-refractivity contribution in [3.05, 3.63) is 28.8 Å². The highest BCUT2D eigenvalue weighted by molar-refractivity contribution is 5.96. The fourth-order valence-corrected chi connectivity index (χ4v) is 4.24. The number of hydrogen-bond donors (Lipinski definition) is 1. The van der Waals surface area contributed by atoms with E-state index in [4.69, 9.17) is 4.74 Å². The van der Waals surface area contributed by atoms with E-state index in [1.54, 1.807) is 7.11 Å². The number of fused-ring (bicyclic) bond motifs is 2. The number of benzene rings is 1. The van der Waals surface area contributed by atoms with Crippen LogP contribution in [0.25, 0.3) is 0 Å². The maximum absolute atomic E-state index is 12.7. The number of methoxy groups -OCH3 is 1. The van der Waals surface area contributed by atoms with Crippen molar-refractivity contribution < 1.29 is 9.53 Å². The summed E-state index contributed by atoms with van der Waals surface area (Å²) < 4.78 is 5.46. The Hall–Kier alpha value is -1.51. The lowest BCUT2D eigenvalue weighted by Crippen LogP contribution is -2.38. The molecule has 0 saturated heterocycles. The van der Waals surface area contributed by atoms with Crippen LogP contribution in [-0.2, 0) is 0 Å². The Balaban J connectivity index is 1.81. The van der Waals surface area contributed by atoms with Crippen LogP contribution in [-0.4, -0.2) is 19.1 Å². The second-order valence-corrected chi connectivity index (χ2v) is 7.32. The molecule has 120 valence electrons. The minimum Gasteiger partial charge on any atom is -0.496 e. The second-order valence-electron chi connectivity index (χ2n) is 7.32. The van der Waals surface area contributed by atoms with Gasteiger partial charge in [0, 0.05) is 11.6 Å². The van der Waals surface area contributed by atoms with E-state index in [9.17, 15) is 4.79 Å². The first-order valence-corrected chi connectivity index (χ1v) is 8.49. The summed E-state index contributed by atoms with van der Waals surface area (Å²) in [4.78, 5) is 12.7. The molecule has 1 aromatic rings. The van der Waals surface area contributed by atoms with Gasteiger partial charge in [0.25, 0.3) is 5.91 Å². The van der Waals surface area contributed by atoms with Crippen molar-refractivity contribution in [3.63, 3.8) is 0 Å². The Morgan fingerprint density at radius 2 is 2.05 bits per heavy atom. The molecular weight excluding hydrogens is 274 g/mol. The number of rotatable bonds is 4. The Morgan fingerprint density at radius 1 is 1.27 bits per heavy atom. The lowest BCUT2D eigenvalue weighted by molar-refractivity contribution is 0.0922. The first-order valence-electron chi connectivity index (χ1n) is 8.49. The standard InChI is InChI=1S/C19H27NO2/c1-11(2)15-10-16(12(3)7-18(15)22-4)19(21)20-17-9-13-5-6-14(17)8-13/h7,10-11,13-14,17H,5-6,8-9H2,1-4H3,(H,20,21)/t13-,14+,17-/m0/s1. The molecule has 1 amide bonds. The Morgan fingerprint density at radius 3 is 2.59 bits per heavy atom. The van der Waals surface area contributed by atoms with Gasteiger partial charge in [0.1, 0.15) is 5.75 Å². The van der Waals surface area contributed by atoms with Crippen molar-refractivity contribution in [1.29, 1.82) is 0 Å². The Kier molecular flexibility index (Phi) is 4.16. The number of nitrogens with one attached hydrogen (secondary N) is 1. The van der Waals surface area contributed by atoms with E-state index in [1.807, 2.05) is 19.1 Å². The molecule has 0 radical (unpaired) electrons. The molecular formula is C19H27NO2. The molecule has 0 unspecified atom stereocenters. The molecule has 1 N–H and O–H groups in total. The highest BCUT2D eigenvalue weighted by Gasteiger charge is 2.40. The Labute approximate surface area is 133 Å². The lowest BCUT2D eigenvalue weighted by atomic mass is 9.93. The molecule has 1 aromatic carbocycles. The molecule has 22 heavy (non-hydrogen) atoms. The van der Waals surface area contributed by atoms with Crippen LogP contribution in [0.15, 0.2) is 12.1 Å². The lowest BCUT2D eigenvalue weighted by Gasteiger charge is -2.24. The van der Waals surface area contributed by atoms with Gasteiger partial charge in [0.2, 0.25) is 0 Å². The normalized spacial score (nSPS) is 26.5. The predicted molar refractivity (Wildman–Crippen MR) is 88.5 cm³/mol. The molecule has 0 heterocycles. The SMILES string of the molecule is COc1cc(C)c(C(=O)N[C@H]2C[C@H]3CC[C@@H]2C3)cc1C(C)C. The van der Waals surface area contributed by atoms with Gasteiger partial charge in [-0.25, -0.2) is 0 Å². The van der Waals surface area contributed by atoms with Crippen LogP contribution in [0.3, 0.4) is 0 Å². The fraction of sp³-hybridized carbons (Fsp3) is 0.632. The summed E-state index contributed by atoms with van der Waals surface area (Å²) in [7, 11) is 1.69. The molecule has 2 fully saturated rings. The molecule has 0 aromatic heterocycles. The average Bonchev–Trinajstić information content (AvgIpc) is 3.08. The van der Waals surface area contributed by atoms with Gasteiger partial charge >= 0.3 is 0 Å². The van der Waals surface area contributed by atoms with Gasteiger partial charge in [-0.15, -0.1) is 0 Å². The van der Waals surface area contributed by atoms with E-state index >= 15 is 0 Å². The van der Waals surface area contributed by atoms with Crippen LogP contribution in [0.4, 0.5) is 0 Å². The Bertz CT molecular complexity index is 579. The summed E-state index contributed by atoms with van der Waals surface area (Å²) in [5.41, 5.74) is 2.89. The molecule has 2 bridgehead atoms. The van der Waals surface area contributed by atoms with Gasteiger partial charge in [-0.05, 0) is 67.2 Å². The largest absolute Gasteiger partial charge is 0.496 e. The summed E-state index contributed by atoms with van der Waals surface area (Å²) >= 11 is 0. The minimum absolute atomic E-state index is 0.0830. The van der Waals surface area contributed by atoms with E-state index in [0.717, 1.165) is 28.4 Å². The fourth-order valence-electron chi connectivity index (χ4n) is 4.24. The first kappa shape index (κ1) is 15.4. The zero-order chi connectivity index (χ0) is 15.9. The number of hydrogen-bond acceptors (Lipinski definition) is 2. The number of amides is 1. The zero-order valence-corrected chi connectivity index (χ0v) is 14.1. The molecule has 2 saturated carbocycles. The first-order chi connectivity index (χ1) is 10.5. The molecule has 2 aliphatic carbocycles. The second kappa shape index (κ2) is 5.94. The summed E-state index contributed by atoms with van der Waals surface area (Å²) in [6.45, 7) is 6.25. The summed E-state index contributed by atoms with van der Waals surface area (Å²) in [5.74, 6) is 2.85. The number of carbonyl (C=O) groups is 1. The van der Waals surface area contributed by atoms with Crippen molar-refractivity contribution >= 4 is 5.91 Å². The van der Waals surface area contributed by atoms with Gasteiger partial charge in [-0.3, -0.25) is 4.79 Å². The highest BCUT2D eigenvalue weighted by atomic mass is 16.5. The molecule has 3 heteroatoms. The van der Waals surface area contributed by atoms with E-state index in [1.165, 1.54) is 25.7 Å². The van der Waals surface area contributed by atoms with Gasteiger partial charge < -0.3 is 10.1 Å². The summed E-state index contributed by atoms with van der Waals surface area (Å²) in [6.07, 6.45) is 5.12. The molecule has 3 nitrogen and oxygen atoms in total. The van der Waals surface area contributed by atoms with Crippen LogP contribution in [0.5, 0.6) is 5.75 Å². The van der Waals surface area contributed by atoms with Gasteiger partial charge in [-0.2, -0.15) is 0 Å². The van der Waals surface area contributed by atoms with E-state index in [2.05, 4.69) is 19.2 Å². The number of ether oxygens (including phenoxy) is 1. The van der Waals surface area contributed by atoms with Crippen molar-refractivity contribution in [2.45, 2.75) is 58.4 Å². The third-order valence-electron chi connectivity index (χ3n) is 5.50. The smallest absolute Gasteiger partial charge is 0.251 e. The number of carbonyl (C=O) groups excluding carboxylic acids is 1. The average molecular weight is 301 g/mol. The van der Waals surface area contributed by atoms with E-state index in [-0.39, 0.29) is 5.91 Å². The maximum atomic E-state index is 12.7. The van der Waals surface area contributed by atoms with Crippen LogP contribution in [0, 0.1) is 18.8 Å². The summed E-state index contributed by atoms with van der Waals surface area (Å²) in [5, 5.41) is 3.29. The topological polar surface area (TPSA) is 38.3 Å². The van der Waals surface area contributed by atoms with Crippen LogP contribution in [0.1, 0.15) is 66.9 Å². The van der Waals surface area contributed by atoms with Crippen LogP contribution in [0.2, 0.25) is 0 Å². The minimum atomic E-state index is 0.0830. The molecule has 0 spiro atoms. The molecule has 3 atom stereocenters.